The van der Waals surface area contributed by atoms with Gasteiger partial charge in [-0.15, -0.1) is 0 Å². The minimum atomic E-state index is -0.546. The second kappa shape index (κ2) is 6.01. The molecule has 1 amide bonds. The molecule has 4 heteroatoms. The third kappa shape index (κ3) is 2.81. The molecular weight excluding hydrogens is 298 g/mol. The Morgan fingerprint density at radius 3 is 2.64 bits per heavy atom. The average Bonchev–Trinajstić information content (AvgIpc) is 2.84. The van der Waals surface area contributed by atoms with E-state index >= 15 is 0 Å². The fourth-order valence-corrected chi connectivity index (χ4v) is 2.99. The number of rotatable bonds is 3. The summed E-state index contributed by atoms with van der Waals surface area (Å²) in [6.07, 6.45) is 0.338. The van der Waals surface area contributed by atoms with Crippen molar-refractivity contribution < 1.29 is 9.53 Å². The fraction of sp³-hybridized carbons (Fsp3) is 0.278. The average molecular weight is 316 g/mol. The Morgan fingerprint density at radius 1 is 1.23 bits per heavy atom. The van der Waals surface area contributed by atoms with Gasteiger partial charge in [-0.05, 0) is 56.2 Å². The van der Waals surface area contributed by atoms with Crippen LogP contribution < -0.4 is 9.64 Å². The maximum absolute atomic E-state index is 12.8. The summed E-state index contributed by atoms with van der Waals surface area (Å²) >= 11 is 5.86. The van der Waals surface area contributed by atoms with E-state index in [1.165, 1.54) is 5.56 Å². The minimum Gasteiger partial charge on any atom is -0.481 e. The van der Waals surface area contributed by atoms with Gasteiger partial charge in [0.2, 0.25) is 0 Å². The van der Waals surface area contributed by atoms with Crippen LogP contribution in [0.2, 0.25) is 5.02 Å². The number of halogens is 1. The Morgan fingerprint density at radius 2 is 1.91 bits per heavy atom. The second-order valence-corrected chi connectivity index (χ2v) is 6.04. The van der Waals surface area contributed by atoms with Crippen molar-refractivity contribution in [1.82, 2.24) is 0 Å². The molecule has 1 aliphatic heterocycles. The lowest BCUT2D eigenvalue weighted by Crippen LogP contribution is -2.43. The first-order chi connectivity index (χ1) is 10.6. The third-order valence-corrected chi connectivity index (χ3v) is 4.17. The summed E-state index contributed by atoms with van der Waals surface area (Å²) in [7, 11) is 0. The largest absolute Gasteiger partial charge is 0.481 e. The lowest BCUT2D eigenvalue weighted by molar-refractivity contribution is -0.124. The van der Waals surface area contributed by atoms with Gasteiger partial charge in [0.25, 0.3) is 5.91 Å². The van der Waals surface area contributed by atoms with Crippen LogP contribution in [0.5, 0.6) is 5.75 Å². The molecule has 3 rings (SSSR count). The molecule has 0 saturated carbocycles. The van der Waals surface area contributed by atoms with E-state index in [0.29, 0.717) is 10.8 Å². The van der Waals surface area contributed by atoms with Crippen molar-refractivity contribution in [2.75, 3.05) is 4.90 Å². The predicted molar refractivity (Wildman–Crippen MR) is 88.6 cm³/mol. The second-order valence-electron chi connectivity index (χ2n) is 5.60. The number of fused-ring (bicyclic) bond motifs is 1. The van der Waals surface area contributed by atoms with Gasteiger partial charge < -0.3 is 9.64 Å². The maximum Gasteiger partial charge on any atom is 0.268 e. The molecule has 1 heterocycles. The first kappa shape index (κ1) is 14.9. The maximum atomic E-state index is 12.8. The summed E-state index contributed by atoms with van der Waals surface area (Å²) in [6, 6.07) is 15.2. The number of amides is 1. The summed E-state index contributed by atoms with van der Waals surface area (Å²) in [4.78, 5) is 14.6. The molecular formula is C18H18ClNO2. The molecule has 0 bridgehead atoms. The van der Waals surface area contributed by atoms with E-state index in [1.807, 2.05) is 23.1 Å². The quantitative estimate of drug-likeness (QED) is 0.854. The SMILES string of the molecule is C[C@H](Oc1ccc(Cl)cc1)C(=O)N1c2ccccc2C[C@H]1C. The van der Waals surface area contributed by atoms with Gasteiger partial charge in [-0.25, -0.2) is 0 Å². The molecule has 0 unspecified atom stereocenters. The van der Waals surface area contributed by atoms with Crippen LogP contribution in [-0.4, -0.2) is 18.1 Å². The summed E-state index contributed by atoms with van der Waals surface area (Å²) in [5.41, 5.74) is 2.20. The molecule has 0 radical (unpaired) electrons. The Hall–Kier alpha value is -2.00. The summed E-state index contributed by atoms with van der Waals surface area (Å²) in [5, 5.41) is 0.647. The van der Waals surface area contributed by atoms with Crippen LogP contribution >= 0.6 is 11.6 Å². The predicted octanol–water partition coefficient (Wildman–Crippen LogP) is 4.09. The third-order valence-electron chi connectivity index (χ3n) is 3.92. The van der Waals surface area contributed by atoms with Crippen LogP contribution in [0.1, 0.15) is 19.4 Å². The van der Waals surface area contributed by atoms with E-state index in [0.717, 1.165) is 12.1 Å². The molecule has 2 aromatic carbocycles. The van der Waals surface area contributed by atoms with Crippen LogP contribution in [0.3, 0.4) is 0 Å². The first-order valence-corrected chi connectivity index (χ1v) is 7.77. The Kier molecular flexibility index (Phi) is 4.08. The van der Waals surface area contributed by atoms with E-state index in [9.17, 15) is 4.79 Å². The molecule has 1 aliphatic rings. The van der Waals surface area contributed by atoms with Crippen molar-refractivity contribution >= 4 is 23.2 Å². The number of benzene rings is 2. The molecule has 2 aromatic rings. The van der Waals surface area contributed by atoms with Gasteiger partial charge in [0, 0.05) is 16.8 Å². The molecule has 0 saturated heterocycles. The fourth-order valence-electron chi connectivity index (χ4n) is 2.86. The van der Waals surface area contributed by atoms with Crippen molar-refractivity contribution in [2.24, 2.45) is 0 Å². The number of carbonyl (C=O) groups excluding carboxylic acids is 1. The Bertz CT molecular complexity index is 684. The zero-order valence-electron chi connectivity index (χ0n) is 12.6. The number of nitrogens with zero attached hydrogens (tertiary/aromatic N) is 1. The van der Waals surface area contributed by atoms with Crippen LogP contribution in [0.15, 0.2) is 48.5 Å². The molecule has 114 valence electrons. The smallest absolute Gasteiger partial charge is 0.268 e. The molecule has 0 aromatic heterocycles. The highest BCUT2D eigenvalue weighted by atomic mass is 35.5. The van der Waals surface area contributed by atoms with E-state index in [1.54, 1.807) is 31.2 Å². The van der Waals surface area contributed by atoms with Crippen molar-refractivity contribution in [3.05, 3.63) is 59.1 Å². The zero-order valence-corrected chi connectivity index (χ0v) is 13.4. The topological polar surface area (TPSA) is 29.5 Å². The summed E-state index contributed by atoms with van der Waals surface area (Å²) < 4.78 is 5.76. The standard InChI is InChI=1S/C18H18ClNO2/c1-12-11-14-5-3-4-6-17(14)20(12)18(21)13(2)22-16-9-7-15(19)8-10-16/h3-10,12-13H,11H2,1-2H3/t12-,13+/m1/s1. The highest BCUT2D eigenvalue weighted by Gasteiger charge is 2.33. The van der Waals surface area contributed by atoms with Crippen LogP contribution in [-0.2, 0) is 11.2 Å². The van der Waals surface area contributed by atoms with Gasteiger partial charge in [-0.2, -0.15) is 0 Å². The first-order valence-electron chi connectivity index (χ1n) is 7.39. The monoisotopic (exact) mass is 315 g/mol. The van der Waals surface area contributed by atoms with Gasteiger partial charge in [-0.1, -0.05) is 29.8 Å². The van der Waals surface area contributed by atoms with Gasteiger partial charge >= 0.3 is 0 Å². The van der Waals surface area contributed by atoms with Crippen LogP contribution in [0.25, 0.3) is 0 Å². The van der Waals surface area contributed by atoms with Crippen LogP contribution in [0.4, 0.5) is 5.69 Å². The van der Waals surface area contributed by atoms with Crippen molar-refractivity contribution in [3.8, 4) is 5.75 Å². The van der Waals surface area contributed by atoms with Crippen LogP contribution in [0, 0.1) is 0 Å². The molecule has 2 atom stereocenters. The highest BCUT2D eigenvalue weighted by molar-refractivity contribution is 6.30. The molecule has 0 aliphatic carbocycles. The molecule has 0 spiro atoms. The lowest BCUT2D eigenvalue weighted by Gasteiger charge is -2.26. The normalized spacial score (nSPS) is 18.0. The molecule has 0 N–H and O–H groups in total. The minimum absolute atomic E-state index is 0.0209. The number of para-hydroxylation sites is 1. The Labute approximate surface area is 135 Å². The van der Waals surface area contributed by atoms with Gasteiger partial charge in [0.15, 0.2) is 6.10 Å². The summed E-state index contributed by atoms with van der Waals surface area (Å²) in [5.74, 6) is 0.623. The molecule has 22 heavy (non-hydrogen) atoms. The van der Waals surface area contributed by atoms with Crippen molar-refractivity contribution in [1.29, 1.82) is 0 Å². The molecule has 3 nitrogen and oxygen atoms in total. The van der Waals surface area contributed by atoms with E-state index in [-0.39, 0.29) is 11.9 Å². The van der Waals surface area contributed by atoms with E-state index < -0.39 is 6.10 Å². The number of carbonyl (C=O) groups is 1. The number of hydrogen-bond acceptors (Lipinski definition) is 2. The summed E-state index contributed by atoms with van der Waals surface area (Å²) in [6.45, 7) is 3.84. The number of hydrogen-bond donors (Lipinski definition) is 0. The number of anilines is 1. The van der Waals surface area contributed by atoms with Crippen molar-refractivity contribution in [2.45, 2.75) is 32.4 Å². The van der Waals surface area contributed by atoms with Crippen molar-refractivity contribution in [3.63, 3.8) is 0 Å². The van der Waals surface area contributed by atoms with Gasteiger partial charge in [0.1, 0.15) is 5.75 Å². The highest BCUT2D eigenvalue weighted by Crippen LogP contribution is 2.32. The molecule has 0 fully saturated rings. The number of ether oxygens (including phenoxy) is 1. The van der Waals surface area contributed by atoms with E-state index in [2.05, 4.69) is 13.0 Å². The zero-order chi connectivity index (χ0) is 15.7. The van der Waals surface area contributed by atoms with Gasteiger partial charge in [0.05, 0.1) is 0 Å². The van der Waals surface area contributed by atoms with Gasteiger partial charge in [-0.3, -0.25) is 4.79 Å². The Balaban J connectivity index is 1.77. The van der Waals surface area contributed by atoms with E-state index in [4.69, 9.17) is 16.3 Å². The lowest BCUT2D eigenvalue weighted by atomic mass is 10.1.